The van der Waals surface area contributed by atoms with Gasteiger partial charge in [0.25, 0.3) is 0 Å². The Morgan fingerprint density at radius 2 is 1.29 bits per heavy atom. The van der Waals surface area contributed by atoms with Crippen LogP contribution in [-0.2, 0) is 10.8 Å². The van der Waals surface area contributed by atoms with Crippen LogP contribution in [-0.4, -0.2) is 25.9 Å². The van der Waals surface area contributed by atoms with E-state index in [2.05, 4.69) is 122 Å². The van der Waals surface area contributed by atoms with Crippen molar-refractivity contribution in [3.63, 3.8) is 0 Å². The van der Waals surface area contributed by atoms with Gasteiger partial charge in [-0.2, -0.15) is 10.5 Å². The molecule has 0 amide bonds. The summed E-state index contributed by atoms with van der Waals surface area (Å²) in [5.74, 6) is 0. The van der Waals surface area contributed by atoms with Gasteiger partial charge in [0, 0.05) is 21.8 Å². The van der Waals surface area contributed by atoms with Gasteiger partial charge in [-0.15, -0.1) is 0 Å². The molecule has 0 N–H and O–H groups in total. The Bertz CT molecular complexity index is 2400. The number of nitrogens with zero attached hydrogens (tertiary/aromatic N) is 6. The Morgan fingerprint density at radius 3 is 1.89 bits per heavy atom. The predicted octanol–water partition coefficient (Wildman–Crippen LogP) is 6.99. The minimum atomic E-state index is -0.296. The van der Waals surface area contributed by atoms with Crippen LogP contribution in [0.25, 0.3) is 49.4 Å². The van der Waals surface area contributed by atoms with Crippen molar-refractivity contribution < 1.29 is 0 Å². The Hall–Kier alpha value is -5.40. The van der Waals surface area contributed by atoms with Crippen LogP contribution in [0.3, 0.4) is 0 Å². The fourth-order valence-corrected chi connectivity index (χ4v) is 7.26. The van der Waals surface area contributed by atoms with Gasteiger partial charge in [-0.1, -0.05) is 77.9 Å². The van der Waals surface area contributed by atoms with Crippen molar-refractivity contribution in [3.05, 3.63) is 102 Å². The van der Waals surface area contributed by atoms with Gasteiger partial charge in [0.15, 0.2) is 0 Å². The van der Waals surface area contributed by atoms with Crippen LogP contribution in [0.2, 0.25) is 0 Å². The molecule has 6 nitrogen and oxygen atoms in total. The highest BCUT2D eigenvalue weighted by Crippen LogP contribution is 2.41. The second kappa shape index (κ2) is 9.06. The summed E-state index contributed by atoms with van der Waals surface area (Å²) in [4.78, 5) is 9.09. The highest BCUT2D eigenvalue weighted by atomic mass is 15.0. The first kappa shape index (κ1) is 27.2. The zero-order valence-electron chi connectivity index (χ0n) is 26.3. The zero-order valence-corrected chi connectivity index (χ0v) is 26.3. The molecule has 0 atom stereocenters. The summed E-state index contributed by atoms with van der Waals surface area (Å²) in [7, 11) is 0. The van der Waals surface area contributed by atoms with Crippen LogP contribution in [0, 0.1) is 22.7 Å². The lowest BCUT2D eigenvalue weighted by molar-refractivity contribution is 0.590. The van der Waals surface area contributed by atoms with Crippen LogP contribution in [0.4, 0.5) is 0 Å². The van der Waals surface area contributed by atoms with E-state index < -0.39 is 0 Å². The quantitative estimate of drug-likeness (QED) is 0.196. The molecule has 8 rings (SSSR count). The minimum absolute atomic E-state index is 0.168. The maximum atomic E-state index is 10.7. The SMILES string of the molecule is CC(C)(C)c1cc(C#N)c2c(c1)c1cc(C(C)(C)C)cc(C#N)c1n2B1c2ccccc2-n2c3cncnc3c3cccc1c32. The van der Waals surface area contributed by atoms with E-state index in [-0.39, 0.29) is 17.7 Å². The summed E-state index contributed by atoms with van der Waals surface area (Å²) in [6.45, 7) is 12.8. The average Bonchev–Trinajstić information content (AvgIpc) is 3.54. The van der Waals surface area contributed by atoms with Gasteiger partial charge >= 0.3 is 6.85 Å². The van der Waals surface area contributed by atoms with E-state index >= 15 is 0 Å². The highest BCUT2D eigenvalue weighted by Gasteiger charge is 2.38. The van der Waals surface area contributed by atoms with Crippen molar-refractivity contribution in [1.82, 2.24) is 19.0 Å². The summed E-state index contributed by atoms with van der Waals surface area (Å²) in [5.41, 5.74) is 10.9. The van der Waals surface area contributed by atoms with Gasteiger partial charge in [0.05, 0.1) is 44.9 Å². The van der Waals surface area contributed by atoms with Crippen molar-refractivity contribution in [2.75, 3.05) is 0 Å². The molecule has 0 saturated heterocycles. The third kappa shape index (κ3) is 3.68. The van der Waals surface area contributed by atoms with Gasteiger partial charge < -0.3 is 9.05 Å². The van der Waals surface area contributed by atoms with Crippen LogP contribution in [0.5, 0.6) is 0 Å². The lowest BCUT2D eigenvalue weighted by atomic mass is 9.48. The molecule has 3 aromatic heterocycles. The molecule has 0 radical (unpaired) electrons. The van der Waals surface area contributed by atoms with Crippen LogP contribution in [0.15, 0.2) is 79.3 Å². The summed E-state index contributed by atoms with van der Waals surface area (Å²) >= 11 is 0. The number of rotatable bonds is 1. The van der Waals surface area contributed by atoms with E-state index in [4.69, 9.17) is 4.98 Å². The molecule has 7 aromatic rings. The zero-order chi connectivity index (χ0) is 31.4. The summed E-state index contributed by atoms with van der Waals surface area (Å²) in [5, 5.41) is 24.5. The van der Waals surface area contributed by atoms with E-state index in [1.165, 1.54) is 0 Å². The van der Waals surface area contributed by atoms with Gasteiger partial charge in [-0.3, -0.25) is 0 Å². The van der Waals surface area contributed by atoms with E-state index in [1.54, 1.807) is 6.33 Å². The molecule has 0 saturated carbocycles. The maximum absolute atomic E-state index is 10.7. The third-order valence-electron chi connectivity index (χ3n) is 9.47. The molecule has 4 aromatic carbocycles. The summed E-state index contributed by atoms with van der Waals surface area (Å²) in [6.07, 6.45) is 3.48. The van der Waals surface area contributed by atoms with Crippen LogP contribution < -0.4 is 10.9 Å². The average molecular weight is 583 g/mol. The van der Waals surface area contributed by atoms with Crippen molar-refractivity contribution in [3.8, 4) is 17.8 Å². The standard InChI is InChI=1S/C38H31BN6/c1-37(2,3)24-14-22(18-40)34-27(16-24)28-17-25(38(4,5)6)15-23(19-41)35(28)45(34)39-29-11-7-8-13-31(29)44-32-20-42-21-43-33(32)26-10-9-12-30(39)36(26)44/h7-17,20-21H,1-6H3. The van der Waals surface area contributed by atoms with Crippen molar-refractivity contribution in [2.45, 2.75) is 52.4 Å². The first-order valence-corrected chi connectivity index (χ1v) is 15.3. The number of hydrogen-bond donors (Lipinski definition) is 0. The second-order valence-corrected chi connectivity index (χ2v) is 14.2. The summed E-state index contributed by atoms with van der Waals surface area (Å²) < 4.78 is 4.55. The first-order chi connectivity index (χ1) is 21.5. The molecule has 0 bridgehead atoms. The lowest BCUT2D eigenvalue weighted by Gasteiger charge is -2.29. The van der Waals surface area contributed by atoms with E-state index in [0.717, 1.165) is 71.5 Å². The van der Waals surface area contributed by atoms with Crippen molar-refractivity contribution in [1.29, 1.82) is 10.5 Å². The molecule has 4 heterocycles. The first-order valence-electron chi connectivity index (χ1n) is 15.3. The normalized spacial score (nSPS) is 13.0. The second-order valence-electron chi connectivity index (χ2n) is 14.2. The number of para-hydroxylation sites is 2. The molecular weight excluding hydrogens is 551 g/mol. The molecule has 0 unspecified atom stereocenters. The maximum Gasteiger partial charge on any atom is 0.332 e. The number of fused-ring (bicyclic) bond motifs is 8. The molecule has 216 valence electrons. The molecule has 0 spiro atoms. The van der Waals surface area contributed by atoms with Crippen LogP contribution >= 0.6 is 0 Å². The van der Waals surface area contributed by atoms with Crippen LogP contribution in [0.1, 0.15) is 63.8 Å². The van der Waals surface area contributed by atoms with Gasteiger partial charge in [0.1, 0.15) is 18.5 Å². The van der Waals surface area contributed by atoms with E-state index in [0.29, 0.717) is 11.1 Å². The number of nitriles is 2. The predicted molar refractivity (Wildman–Crippen MR) is 183 cm³/mol. The fourth-order valence-electron chi connectivity index (χ4n) is 7.26. The lowest BCUT2D eigenvalue weighted by Crippen LogP contribution is -2.53. The molecule has 0 aliphatic carbocycles. The molecular formula is C38H31BN6. The van der Waals surface area contributed by atoms with Gasteiger partial charge in [-0.25, -0.2) is 9.97 Å². The molecule has 1 aliphatic heterocycles. The van der Waals surface area contributed by atoms with E-state index in [9.17, 15) is 10.5 Å². The highest BCUT2D eigenvalue weighted by molar-refractivity contribution is 6.88. The summed E-state index contributed by atoms with van der Waals surface area (Å²) in [6, 6.07) is 28.5. The number of benzene rings is 4. The minimum Gasteiger partial charge on any atom is -0.374 e. The molecule has 45 heavy (non-hydrogen) atoms. The topological polar surface area (TPSA) is 83.2 Å². The number of aromatic nitrogens is 4. The van der Waals surface area contributed by atoms with E-state index in [1.807, 2.05) is 18.3 Å². The van der Waals surface area contributed by atoms with Gasteiger partial charge in [0.2, 0.25) is 0 Å². The molecule has 0 fully saturated rings. The Morgan fingerprint density at radius 1 is 0.689 bits per heavy atom. The largest absolute Gasteiger partial charge is 0.374 e. The number of hydrogen-bond acceptors (Lipinski definition) is 4. The Kier molecular flexibility index (Phi) is 5.47. The van der Waals surface area contributed by atoms with Gasteiger partial charge in [-0.05, 0) is 63.2 Å². The Balaban J connectivity index is 1.62. The van der Waals surface area contributed by atoms with Crippen molar-refractivity contribution >= 4 is 61.5 Å². The Labute approximate surface area is 262 Å². The third-order valence-corrected chi connectivity index (χ3v) is 9.47. The molecule has 1 aliphatic rings. The monoisotopic (exact) mass is 582 g/mol. The molecule has 7 heteroatoms. The van der Waals surface area contributed by atoms with Crippen molar-refractivity contribution in [2.24, 2.45) is 0 Å². The fraction of sp³-hybridized carbons (Fsp3) is 0.211. The smallest absolute Gasteiger partial charge is 0.332 e.